The highest BCUT2D eigenvalue weighted by atomic mass is 35.5. The van der Waals surface area contributed by atoms with Crippen LogP contribution in [-0.4, -0.2) is 24.3 Å². The van der Waals surface area contributed by atoms with Gasteiger partial charge in [-0.05, 0) is 52.9 Å². The second kappa shape index (κ2) is 8.34. The van der Waals surface area contributed by atoms with Crippen molar-refractivity contribution in [1.29, 1.82) is 0 Å². The Balaban J connectivity index is 2.36. The lowest BCUT2D eigenvalue weighted by molar-refractivity contribution is -0.140. The summed E-state index contributed by atoms with van der Waals surface area (Å²) in [6.45, 7) is 1.75. The van der Waals surface area contributed by atoms with Gasteiger partial charge in [0.15, 0.2) is 0 Å². The van der Waals surface area contributed by atoms with Crippen molar-refractivity contribution in [1.82, 2.24) is 0 Å². The number of benzene rings is 2. The third-order valence-electron chi connectivity index (χ3n) is 3.41. The molecule has 0 heterocycles. The molecule has 5 heteroatoms. The van der Waals surface area contributed by atoms with Crippen LogP contribution in [0.4, 0.5) is 0 Å². The molecular formula is C18H18Cl2O3. The molecule has 2 aromatic carbocycles. The first-order valence-corrected chi connectivity index (χ1v) is 8.07. The highest BCUT2D eigenvalue weighted by Gasteiger charge is 2.09. The van der Waals surface area contributed by atoms with Crippen LogP contribution < -0.4 is 0 Å². The Kier molecular flexibility index (Phi) is 6.46. The molecule has 0 aliphatic heterocycles. The van der Waals surface area contributed by atoms with Gasteiger partial charge < -0.3 is 9.84 Å². The first-order chi connectivity index (χ1) is 11.0. The fraction of sp³-hybridized carbons (Fsp3) is 0.278. The van der Waals surface area contributed by atoms with E-state index < -0.39 is 0 Å². The minimum absolute atomic E-state index is 0.0692. The summed E-state index contributed by atoms with van der Waals surface area (Å²) < 4.78 is 5.02. The standard InChI is InChI=1S/C18H18Cl2O3/c1-12(22)23-7-5-14-10-16(19)2-3-18(14)15-8-13(4-6-21)9-17(20)11-15/h2-3,8-11,21H,4-7H2,1H3. The van der Waals surface area contributed by atoms with Crippen molar-refractivity contribution in [2.24, 2.45) is 0 Å². The Labute approximate surface area is 145 Å². The van der Waals surface area contributed by atoms with Gasteiger partial charge >= 0.3 is 5.97 Å². The molecule has 0 aliphatic carbocycles. The van der Waals surface area contributed by atoms with E-state index in [-0.39, 0.29) is 12.6 Å². The number of carbonyl (C=O) groups is 1. The van der Waals surface area contributed by atoms with E-state index in [9.17, 15) is 4.79 Å². The molecule has 3 nitrogen and oxygen atoms in total. The van der Waals surface area contributed by atoms with Crippen molar-refractivity contribution >= 4 is 29.2 Å². The van der Waals surface area contributed by atoms with Crippen molar-refractivity contribution in [2.45, 2.75) is 19.8 Å². The van der Waals surface area contributed by atoms with Crippen LogP contribution in [0.5, 0.6) is 0 Å². The number of aliphatic hydroxyl groups is 1. The molecule has 23 heavy (non-hydrogen) atoms. The minimum atomic E-state index is -0.304. The summed E-state index contributed by atoms with van der Waals surface area (Å²) in [5.41, 5.74) is 3.89. The predicted molar refractivity (Wildman–Crippen MR) is 93.0 cm³/mol. The minimum Gasteiger partial charge on any atom is -0.466 e. The molecule has 0 aromatic heterocycles. The van der Waals surface area contributed by atoms with Gasteiger partial charge in [-0.2, -0.15) is 0 Å². The molecule has 1 N–H and O–H groups in total. The van der Waals surface area contributed by atoms with Crippen LogP contribution in [-0.2, 0) is 22.4 Å². The lowest BCUT2D eigenvalue weighted by atomic mass is 9.96. The van der Waals surface area contributed by atoms with Gasteiger partial charge in [-0.3, -0.25) is 4.79 Å². The SMILES string of the molecule is CC(=O)OCCc1cc(Cl)ccc1-c1cc(Cl)cc(CCO)c1. The molecule has 0 fully saturated rings. The van der Waals surface area contributed by atoms with Crippen LogP contribution in [0, 0.1) is 0 Å². The summed E-state index contributed by atoms with van der Waals surface area (Å²) in [6.07, 6.45) is 1.11. The van der Waals surface area contributed by atoms with Gasteiger partial charge in [0.2, 0.25) is 0 Å². The number of rotatable bonds is 6. The van der Waals surface area contributed by atoms with Gasteiger partial charge in [0.1, 0.15) is 0 Å². The highest BCUT2D eigenvalue weighted by Crippen LogP contribution is 2.30. The molecule has 122 valence electrons. The average Bonchev–Trinajstić information content (AvgIpc) is 2.46. The molecule has 0 saturated heterocycles. The quantitative estimate of drug-likeness (QED) is 0.788. The van der Waals surface area contributed by atoms with Crippen LogP contribution in [0.3, 0.4) is 0 Å². The zero-order chi connectivity index (χ0) is 16.8. The molecule has 2 rings (SSSR count). The second-order valence-electron chi connectivity index (χ2n) is 5.21. The summed E-state index contributed by atoms with van der Waals surface area (Å²) in [6, 6.07) is 11.3. The molecule has 0 amide bonds. The molecule has 0 spiro atoms. The third-order valence-corrected chi connectivity index (χ3v) is 3.87. The zero-order valence-electron chi connectivity index (χ0n) is 12.8. The molecule has 0 atom stereocenters. The summed E-state index contributed by atoms with van der Waals surface area (Å²) >= 11 is 12.3. The van der Waals surface area contributed by atoms with E-state index in [0.717, 1.165) is 22.3 Å². The summed E-state index contributed by atoms with van der Waals surface area (Å²) in [7, 11) is 0. The van der Waals surface area contributed by atoms with E-state index in [0.29, 0.717) is 29.5 Å². The van der Waals surface area contributed by atoms with Gasteiger partial charge in [-0.15, -0.1) is 0 Å². The maximum Gasteiger partial charge on any atom is 0.302 e. The van der Waals surface area contributed by atoms with Crippen LogP contribution in [0.25, 0.3) is 11.1 Å². The number of hydrogen-bond acceptors (Lipinski definition) is 3. The lowest BCUT2D eigenvalue weighted by Crippen LogP contribution is -2.04. The maximum atomic E-state index is 10.9. The Morgan fingerprint density at radius 1 is 1.09 bits per heavy atom. The number of ether oxygens (including phenoxy) is 1. The van der Waals surface area contributed by atoms with Crippen molar-refractivity contribution in [3.05, 3.63) is 57.6 Å². The molecule has 0 aliphatic rings. The van der Waals surface area contributed by atoms with E-state index in [1.165, 1.54) is 6.92 Å². The number of hydrogen-bond donors (Lipinski definition) is 1. The van der Waals surface area contributed by atoms with Crippen molar-refractivity contribution in [3.8, 4) is 11.1 Å². The van der Waals surface area contributed by atoms with Gasteiger partial charge in [0, 0.05) is 30.0 Å². The normalized spacial score (nSPS) is 10.6. The van der Waals surface area contributed by atoms with E-state index >= 15 is 0 Å². The van der Waals surface area contributed by atoms with Crippen LogP contribution in [0.1, 0.15) is 18.1 Å². The van der Waals surface area contributed by atoms with Gasteiger partial charge in [0.05, 0.1) is 6.61 Å². The monoisotopic (exact) mass is 352 g/mol. The van der Waals surface area contributed by atoms with Gasteiger partial charge in [-0.1, -0.05) is 35.3 Å². The molecule has 0 saturated carbocycles. The van der Waals surface area contributed by atoms with E-state index in [1.807, 2.05) is 36.4 Å². The largest absolute Gasteiger partial charge is 0.466 e. The van der Waals surface area contributed by atoms with Crippen molar-refractivity contribution in [2.75, 3.05) is 13.2 Å². The second-order valence-corrected chi connectivity index (χ2v) is 6.09. The third kappa shape index (κ3) is 5.24. The summed E-state index contributed by atoms with van der Waals surface area (Å²) in [5.74, 6) is -0.304. The Morgan fingerprint density at radius 2 is 1.87 bits per heavy atom. The smallest absolute Gasteiger partial charge is 0.302 e. The number of esters is 1. The molecule has 0 bridgehead atoms. The fourth-order valence-electron chi connectivity index (χ4n) is 2.43. The molecule has 0 radical (unpaired) electrons. The molecular weight excluding hydrogens is 335 g/mol. The zero-order valence-corrected chi connectivity index (χ0v) is 14.3. The molecule has 0 unspecified atom stereocenters. The fourth-order valence-corrected chi connectivity index (χ4v) is 2.89. The number of aliphatic hydroxyl groups excluding tert-OH is 1. The topological polar surface area (TPSA) is 46.5 Å². The van der Waals surface area contributed by atoms with E-state index in [4.69, 9.17) is 33.0 Å². The summed E-state index contributed by atoms with van der Waals surface area (Å²) in [4.78, 5) is 10.9. The van der Waals surface area contributed by atoms with Gasteiger partial charge in [-0.25, -0.2) is 0 Å². The van der Waals surface area contributed by atoms with E-state index in [2.05, 4.69) is 0 Å². The predicted octanol–water partition coefficient (Wildman–Crippen LogP) is 4.30. The van der Waals surface area contributed by atoms with Crippen LogP contribution >= 0.6 is 23.2 Å². The number of carbonyl (C=O) groups excluding carboxylic acids is 1. The summed E-state index contributed by atoms with van der Waals surface area (Å²) in [5, 5.41) is 10.4. The van der Waals surface area contributed by atoms with E-state index in [1.54, 1.807) is 0 Å². The Hall–Kier alpha value is -1.55. The Morgan fingerprint density at radius 3 is 2.57 bits per heavy atom. The molecule has 2 aromatic rings. The van der Waals surface area contributed by atoms with Crippen molar-refractivity contribution in [3.63, 3.8) is 0 Å². The lowest BCUT2D eigenvalue weighted by Gasteiger charge is -2.12. The Bertz CT molecular complexity index is 699. The highest BCUT2D eigenvalue weighted by molar-refractivity contribution is 6.31. The first-order valence-electron chi connectivity index (χ1n) is 7.32. The maximum absolute atomic E-state index is 10.9. The van der Waals surface area contributed by atoms with Crippen molar-refractivity contribution < 1.29 is 14.6 Å². The number of halogens is 2. The first kappa shape index (κ1) is 17.8. The van der Waals surface area contributed by atoms with Crippen LogP contribution in [0.2, 0.25) is 10.0 Å². The average molecular weight is 353 g/mol. The van der Waals surface area contributed by atoms with Gasteiger partial charge in [0.25, 0.3) is 0 Å². The van der Waals surface area contributed by atoms with Crippen LogP contribution in [0.15, 0.2) is 36.4 Å².